The topological polar surface area (TPSA) is 72.2 Å². The van der Waals surface area contributed by atoms with Gasteiger partial charge >= 0.3 is 0 Å². The average molecular weight is 309 g/mol. The molecule has 4 nitrogen and oxygen atoms in total. The molecule has 100 valence electrons. The van der Waals surface area contributed by atoms with Gasteiger partial charge in [-0.25, -0.2) is 13.1 Å². The molecule has 1 aliphatic carbocycles. The Bertz CT molecular complexity index is 560. The van der Waals surface area contributed by atoms with Crippen LogP contribution in [0.2, 0.25) is 10.0 Å². The van der Waals surface area contributed by atoms with Crippen LogP contribution in [0.1, 0.15) is 26.2 Å². The highest BCUT2D eigenvalue weighted by Crippen LogP contribution is 2.36. The predicted molar refractivity (Wildman–Crippen MR) is 73.5 cm³/mol. The molecule has 1 aromatic carbocycles. The maximum absolute atomic E-state index is 12.3. The van der Waals surface area contributed by atoms with Gasteiger partial charge in [-0.2, -0.15) is 0 Å². The van der Waals surface area contributed by atoms with Gasteiger partial charge in [0.25, 0.3) is 0 Å². The quantitative estimate of drug-likeness (QED) is 0.843. The lowest BCUT2D eigenvalue weighted by atomic mass is 9.80. The van der Waals surface area contributed by atoms with E-state index in [1.165, 1.54) is 12.1 Å². The summed E-state index contributed by atoms with van der Waals surface area (Å²) in [5.41, 5.74) is 5.49. The summed E-state index contributed by atoms with van der Waals surface area (Å²) in [6, 6.07) is 2.76. The second kappa shape index (κ2) is 4.56. The highest BCUT2D eigenvalue weighted by atomic mass is 35.5. The van der Waals surface area contributed by atoms with Crippen LogP contribution in [-0.4, -0.2) is 14.0 Å². The zero-order valence-corrected chi connectivity index (χ0v) is 12.2. The Kier molecular flexibility index (Phi) is 3.53. The van der Waals surface area contributed by atoms with Gasteiger partial charge in [-0.1, -0.05) is 23.2 Å². The van der Waals surface area contributed by atoms with Crippen molar-refractivity contribution in [3.05, 3.63) is 22.2 Å². The number of hydrogen-bond acceptors (Lipinski definition) is 3. The van der Waals surface area contributed by atoms with E-state index in [9.17, 15) is 8.42 Å². The lowest BCUT2D eigenvalue weighted by Crippen LogP contribution is -2.50. The van der Waals surface area contributed by atoms with Crippen molar-refractivity contribution >= 4 is 38.9 Å². The van der Waals surface area contributed by atoms with Gasteiger partial charge in [0, 0.05) is 11.2 Å². The molecule has 0 radical (unpaired) electrons. The van der Waals surface area contributed by atoms with Crippen LogP contribution in [-0.2, 0) is 10.0 Å². The molecule has 7 heteroatoms. The first kappa shape index (κ1) is 13.9. The first-order valence-corrected chi connectivity index (χ1v) is 7.76. The number of nitrogen functional groups attached to an aromatic ring is 1. The number of halogens is 2. The summed E-state index contributed by atoms with van der Waals surface area (Å²) in [5.74, 6) is 0. The van der Waals surface area contributed by atoms with Crippen LogP contribution in [0.5, 0.6) is 0 Å². The van der Waals surface area contributed by atoms with Crippen LogP contribution in [0.3, 0.4) is 0 Å². The minimum absolute atomic E-state index is 0.0374. The lowest BCUT2D eigenvalue weighted by molar-refractivity contribution is 0.248. The fourth-order valence-corrected chi connectivity index (χ4v) is 4.72. The van der Waals surface area contributed by atoms with Crippen LogP contribution < -0.4 is 10.5 Å². The number of nitrogens with one attached hydrogen (secondary N) is 1. The molecule has 0 bridgehead atoms. The predicted octanol–water partition coefficient (Wildman–Crippen LogP) is 2.80. The second-order valence-electron chi connectivity index (χ2n) is 4.83. The zero-order chi connectivity index (χ0) is 13.6. The molecule has 1 aliphatic rings. The number of sulfonamides is 1. The van der Waals surface area contributed by atoms with Gasteiger partial charge in [0.2, 0.25) is 10.0 Å². The number of anilines is 1. The van der Waals surface area contributed by atoms with Crippen molar-refractivity contribution in [2.24, 2.45) is 0 Å². The van der Waals surface area contributed by atoms with E-state index < -0.39 is 15.6 Å². The van der Waals surface area contributed by atoms with Gasteiger partial charge in [-0.15, -0.1) is 0 Å². The maximum Gasteiger partial charge on any atom is 0.244 e. The Hall–Kier alpha value is -0.490. The van der Waals surface area contributed by atoms with E-state index in [2.05, 4.69) is 4.72 Å². The third-order valence-corrected chi connectivity index (χ3v) is 5.69. The third kappa shape index (κ3) is 2.59. The number of hydrogen-bond donors (Lipinski definition) is 2. The molecular formula is C11H14Cl2N2O2S. The van der Waals surface area contributed by atoms with Gasteiger partial charge in [0.15, 0.2) is 0 Å². The van der Waals surface area contributed by atoms with Gasteiger partial charge in [-0.05, 0) is 38.3 Å². The molecule has 1 fully saturated rings. The molecule has 18 heavy (non-hydrogen) atoms. The fraction of sp³-hybridized carbons (Fsp3) is 0.455. The Morgan fingerprint density at radius 2 is 1.78 bits per heavy atom. The lowest BCUT2D eigenvalue weighted by Gasteiger charge is -2.38. The molecule has 0 spiro atoms. The normalized spacial score (nSPS) is 18.4. The number of rotatable bonds is 3. The summed E-state index contributed by atoms with van der Waals surface area (Å²) < 4.78 is 27.2. The molecular weight excluding hydrogens is 295 g/mol. The Morgan fingerprint density at radius 3 is 2.17 bits per heavy atom. The first-order valence-electron chi connectivity index (χ1n) is 5.52. The van der Waals surface area contributed by atoms with Crippen LogP contribution in [0.25, 0.3) is 0 Å². The van der Waals surface area contributed by atoms with Gasteiger partial charge in [-0.3, -0.25) is 0 Å². The Labute approximate surface area is 117 Å². The van der Waals surface area contributed by atoms with Gasteiger partial charge < -0.3 is 5.73 Å². The van der Waals surface area contributed by atoms with Gasteiger partial charge in [0.05, 0.1) is 10.0 Å². The number of nitrogens with two attached hydrogens (primary N) is 1. The average Bonchev–Trinajstić information content (AvgIpc) is 2.11. The minimum Gasteiger partial charge on any atom is -0.399 e. The molecule has 3 N–H and O–H groups in total. The monoisotopic (exact) mass is 308 g/mol. The Morgan fingerprint density at radius 1 is 1.28 bits per heavy atom. The standard InChI is InChI=1S/C11H14Cl2N2O2S/c1-11(3-2-4-11)15-18(16,17)10-8(12)5-7(14)6-9(10)13/h5-6,15H,2-4,14H2,1H3. The van der Waals surface area contributed by atoms with Crippen molar-refractivity contribution in [1.82, 2.24) is 4.72 Å². The van der Waals surface area contributed by atoms with Crippen molar-refractivity contribution in [2.45, 2.75) is 36.6 Å². The first-order chi connectivity index (χ1) is 8.23. The molecule has 0 aromatic heterocycles. The zero-order valence-electron chi connectivity index (χ0n) is 9.83. The maximum atomic E-state index is 12.3. The largest absolute Gasteiger partial charge is 0.399 e. The van der Waals surface area contributed by atoms with Crippen molar-refractivity contribution in [1.29, 1.82) is 0 Å². The van der Waals surface area contributed by atoms with Crippen molar-refractivity contribution in [3.63, 3.8) is 0 Å². The second-order valence-corrected chi connectivity index (χ2v) is 7.27. The molecule has 1 saturated carbocycles. The van der Waals surface area contributed by atoms with E-state index in [0.29, 0.717) is 5.69 Å². The van der Waals surface area contributed by atoms with Crippen LogP contribution in [0.15, 0.2) is 17.0 Å². The van der Waals surface area contributed by atoms with Gasteiger partial charge in [0.1, 0.15) is 4.90 Å². The molecule has 0 unspecified atom stereocenters. The minimum atomic E-state index is -3.73. The molecule has 0 saturated heterocycles. The van der Waals surface area contributed by atoms with Crippen LogP contribution in [0.4, 0.5) is 5.69 Å². The van der Waals surface area contributed by atoms with Crippen LogP contribution >= 0.6 is 23.2 Å². The van der Waals surface area contributed by atoms with E-state index >= 15 is 0 Å². The highest BCUT2D eigenvalue weighted by molar-refractivity contribution is 7.89. The third-order valence-electron chi connectivity index (χ3n) is 3.13. The molecule has 0 atom stereocenters. The van der Waals surface area contributed by atoms with Crippen molar-refractivity contribution < 1.29 is 8.42 Å². The molecule has 0 aliphatic heterocycles. The smallest absolute Gasteiger partial charge is 0.244 e. The molecule has 0 amide bonds. The summed E-state index contributed by atoms with van der Waals surface area (Å²) in [4.78, 5) is -0.104. The van der Waals surface area contributed by atoms with E-state index in [1.807, 2.05) is 6.92 Å². The number of benzene rings is 1. The Balaban J connectivity index is 2.41. The van der Waals surface area contributed by atoms with Crippen LogP contribution in [0, 0.1) is 0 Å². The summed E-state index contributed by atoms with van der Waals surface area (Å²) >= 11 is 11.9. The fourth-order valence-electron chi connectivity index (χ4n) is 2.02. The molecule has 2 rings (SSSR count). The summed E-state index contributed by atoms with van der Waals surface area (Å²) in [5, 5.41) is 0.0749. The highest BCUT2D eigenvalue weighted by Gasteiger charge is 2.37. The SMILES string of the molecule is CC1(NS(=O)(=O)c2c(Cl)cc(N)cc2Cl)CCC1. The van der Waals surface area contributed by atoms with E-state index in [1.54, 1.807) is 0 Å². The van der Waals surface area contributed by atoms with E-state index in [0.717, 1.165) is 19.3 Å². The molecule has 0 heterocycles. The summed E-state index contributed by atoms with van der Waals surface area (Å²) in [6.45, 7) is 1.87. The summed E-state index contributed by atoms with van der Waals surface area (Å²) in [7, 11) is -3.73. The van der Waals surface area contributed by atoms with E-state index in [-0.39, 0.29) is 14.9 Å². The van der Waals surface area contributed by atoms with Crippen molar-refractivity contribution in [2.75, 3.05) is 5.73 Å². The molecule has 1 aromatic rings. The van der Waals surface area contributed by atoms with E-state index in [4.69, 9.17) is 28.9 Å². The summed E-state index contributed by atoms with van der Waals surface area (Å²) in [6.07, 6.45) is 2.65. The van der Waals surface area contributed by atoms with Crippen molar-refractivity contribution in [3.8, 4) is 0 Å².